The van der Waals surface area contributed by atoms with Crippen LogP contribution in [0.3, 0.4) is 0 Å². The van der Waals surface area contributed by atoms with Gasteiger partial charge in [0.25, 0.3) is 0 Å². The van der Waals surface area contributed by atoms with Gasteiger partial charge in [-0.15, -0.1) is 13.2 Å². The summed E-state index contributed by atoms with van der Waals surface area (Å²) in [6.45, 7) is 0. The average molecular weight is 345 g/mol. The van der Waals surface area contributed by atoms with E-state index in [0.29, 0.717) is 17.7 Å². The summed E-state index contributed by atoms with van der Waals surface area (Å²) in [5.74, 6) is 5.17. The number of halogens is 3. The van der Waals surface area contributed by atoms with Gasteiger partial charge in [-0.05, 0) is 29.8 Å². The van der Waals surface area contributed by atoms with E-state index in [1.54, 1.807) is 12.3 Å². The number of benzene rings is 2. The Morgan fingerprint density at radius 3 is 2.64 bits per heavy atom. The van der Waals surface area contributed by atoms with Crippen LogP contribution in [-0.4, -0.2) is 17.1 Å². The molecule has 0 aliphatic rings. The molecule has 3 aromatic rings. The summed E-state index contributed by atoms with van der Waals surface area (Å²) in [7, 11) is 0. The molecule has 0 unspecified atom stereocenters. The van der Waals surface area contributed by atoms with Crippen molar-refractivity contribution in [3.05, 3.63) is 71.9 Å². The molecule has 2 aromatic carbocycles. The fourth-order valence-electron chi connectivity index (χ4n) is 2.58. The highest BCUT2D eigenvalue weighted by molar-refractivity contribution is 6.03. The number of para-hydroxylation sites is 1. The van der Waals surface area contributed by atoms with Gasteiger partial charge in [0.15, 0.2) is 0 Å². The molecule has 7 heteroatoms. The van der Waals surface area contributed by atoms with E-state index in [1.165, 1.54) is 18.2 Å². The van der Waals surface area contributed by atoms with Crippen molar-refractivity contribution in [2.45, 2.75) is 12.8 Å². The maximum Gasteiger partial charge on any atom is 0.573 e. The third kappa shape index (κ3) is 4.06. The number of fused-ring (bicyclic) bond motifs is 1. The van der Waals surface area contributed by atoms with Crippen molar-refractivity contribution in [3.8, 4) is 5.75 Å². The Balaban J connectivity index is 1.92. The van der Waals surface area contributed by atoms with E-state index in [-0.39, 0.29) is 5.75 Å². The van der Waals surface area contributed by atoms with Gasteiger partial charge in [-0.2, -0.15) is 5.10 Å². The number of aromatic nitrogens is 1. The Morgan fingerprint density at radius 2 is 1.88 bits per heavy atom. The molecule has 0 bridgehead atoms. The number of rotatable bonds is 4. The number of pyridine rings is 1. The van der Waals surface area contributed by atoms with Gasteiger partial charge in [-0.3, -0.25) is 4.98 Å². The van der Waals surface area contributed by atoms with Crippen molar-refractivity contribution in [2.24, 2.45) is 10.9 Å². The van der Waals surface area contributed by atoms with Crippen LogP contribution in [0.5, 0.6) is 5.75 Å². The first kappa shape index (κ1) is 16.8. The van der Waals surface area contributed by atoms with E-state index >= 15 is 0 Å². The molecule has 0 aliphatic heterocycles. The van der Waals surface area contributed by atoms with Crippen LogP contribution in [0.25, 0.3) is 10.9 Å². The zero-order chi connectivity index (χ0) is 17.9. The van der Waals surface area contributed by atoms with E-state index in [1.807, 2.05) is 30.3 Å². The highest BCUT2D eigenvalue weighted by atomic mass is 19.4. The van der Waals surface area contributed by atoms with Crippen molar-refractivity contribution in [1.82, 2.24) is 4.98 Å². The van der Waals surface area contributed by atoms with Crippen LogP contribution in [0, 0.1) is 0 Å². The van der Waals surface area contributed by atoms with E-state index in [4.69, 9.17) is 5.84 Å². The first-order valence-corrected chi connectivity index (χ1v) is 7.42. The molecule has 2 N–H and O–H groups in total. The van der Waals surface area contributed by atoms with E-state index in [0.717, 1.165) is 16.5 Å². The lowest BCUT2D eigenvalue weighted by Crippen LogP contribution is -2.17. The quantitative estimate of drug-likeness (QED) is 0.441. The SMILES string of the molecule is NN=C(Cc1ccnc2ccccc12)c1cccc(OC(F)(F)F)c1. The van der Waals surface area contributed by atoms with E-state index in [2.05, 4.69) is 14.8 Å². The molecule has 0 atom stereocenters. The van der Waals surface area contributed by atoms with Gasteiger partial charge in [0.2, 0.25) is 0 Å². The van der Waals surface area contributed by atoms with Crippen molar-refractivity contribution in [1.29, 1.82) is 0 Å². The smallest absolute Gasteiger partial charge is 0.406 e. The number of hydrogen-bond donors (Lipinski definition) is 1. The van der Waals surface area contributed by atoms with Crippen molar-refractivity contribution < 1.29 is 17.9 Å². The van der Waals surface area contributed by atoms with Crippen LogP contribution in [0.1, 0.15) is 11.1 Å². The van der Waals surface area contributed by atoms with Gasteiger partial charge in [0, 0.05) is 23.6 Å². The molecule has 0 fully saturated rings. The topological polar surface area (TPSA) is 60.5 Å². The highest BCUT2D eigenvalue weighted by Crippen LogP contribution is 2.24. The molecule has 0 radical (unpaired) electrons. The Hall–Kier alpha value is -3.09. The zero-order valence-electron chi connectivity index (χ0n) is 13.0. The van der Waals surface area contributed by atoms with Gasteiger partial charge in [-0.1, -0.05) is 30.3 Å². The predicted molar refractivity (Wildman–Crippen MR) is 89.3 cm³/mol. The number of hydrazone groups is 1. The minimum atomic E-state index is -4.75. The minimum Gasteiger partial charge on any atom is -0.406 e. The summed E-state index contributed by atoms with van der Waals surface area (Å²) >= 11 is 0. The Morgan fingerprint density at radius 1 is 1.08 bits per heavy atom. The highest BCUT2D eigenvalue weighted by Gasteiger charge is 2.31. The fourth-order valence-corrected chi connectivity index (χ4v) is 2.58. The van der Waals surface area contributed by atoms with Crippen LogP contribution in [-0.2, 0) is 6.42 Å². The predicted octanol–water partition coefficient (Wildman–Crippen LogP) is 4.04. The van der Waals surface area contributed by atoms with Crippen LogP contribution >= 0.6 is 0 Å². The summed E-state index contributed by atoms with van der Waals surface area (Å²) in [4.78, 5) is 4.29. The number of ether oxygens (including phenoxy) is 1. The fraction of sp³-hybridized carbons (Fsp3) is 0.111. The molecule has 4 nitrogen and oxygen atoms in total. The number of hydrogen-bond acceptors (Lipinski definition) is 4. The maximum atomic E-state index is 12.4. The zero-order valence-corrected chi connectivity index (χ0v) is 13.0. The van der Waals surface area contributed by atoms with Crippen LogP contribution in [0.2, 0.25) is 0 Å². The molecule has 25 heavy (non-hydrogen) atoms. The largest absolute Gasteiger partial charge is 0.573 e. The minimum absolute atomic E-state index is 0.314. The lowest BCUT2D eigenvalue weighted by molar-refractivity contribution is -0.274. The summed E-state index contributed by atoms with van der Waals surface area (Å²) < 4.78 is 41.1. The molecule has 3 rings (SSSR count). The van der Waals surface area contributed by atoms with Gasteiger partial charge in [0.05, 0.1) is 11.2 Å². The number of nitrogens with two attached hydrogens (primary N) is 1. The van der Waals surface area contributed by atoms with Gasteiger partial charge in [0.1, 0.15) is 5.75 Å². The second-order valence-corrected chi connectivity index (χ2v) is 5.32. The molecule has 128 valence electrons. The van der Waals surface area contributed by atoms with Gasteiger partial charge in [-0.25, -0.2) is 0 Å². The molecular weight excluding hydrogens is 331 g/mol. The average Bonchev–Trinajstić information content (AvgIpc) is 2.58. The van der Waals surface area contributed by atoms with Crippen molar-refractivity contribution in [2.75, 3.05) is 0 Å². The normalized spacial score (nSPS) is 12.4. The van der Waals surface area contributed by atoms with Gasteiger partial charge >= 0.3 is 6.36 Å². The monoisotopic (exact) mass is 345 g/mol. The third-order valence-electron chi connectivity index (χ3n) is 3.65. The second kappa shape index (κ2) is 6.80. The Labute approximate surface area is 141 Å². The molecule has 1 aromatic heterocycles. The first-order valence-electron chi connectivity index (χ1n) is 7.42. The standard InChI is InChI=1S/C18H14F3N3O/c19-18(20,21)25-14-5-3-4-13(10-14)17(24-22)11-12-8-9-23-16-7-2-1-6-15(12)16/h1-10H,11,22H2. The summed E-state index contributed by atoms with van der Waals surface area (Å²) in [5, 5.41) is 4.70. The van der Waals surface area contributed by atoms with Crippen molar-refractivity contribution >= 4 is 16.6 Å². The summed E-state index contributed by atoms with van der Waals surface area (Å²) in [6, 6.07) is 15.0. The Kier molecular flexibility index (Phi) is 4.56. The molecular formula is C18H14F3N3O. The second-order valence-electron chi connectivity index (χ2n) is 5.32. The molecule has 0 saturated carbocycles. The molecule has 0 saturated heterocycles. The number of nitrogens with zero attached hydrogens (tertiary/aromatic N) is 2. The van der Waals surface area contributed by atoms with Crippen LogP contribution < -0.4 is 10.6 Å². The number of alkyl halides is 3. The van der Waals surface area contributed by atoms with Crippen molar-refractivity contribution in [3.63, 3.8) is 0 Å². The summed E-state index contributed by atoms with van der Waals surface area (Å²) in [6.07, 6.45) is -2.72. The lowest BCUT2D eigenvalue weighted by Gasteiger charge is -2.12. The van der Waals surface area contributed by atoms with Gasteiger partial charge < -0.3 is 10.6 Å². The summed E-state index contributed by atoms with van der Waals surface area (Å²) in [5.41, 5.74) is 2.66. The van der Waals surface area contributed by atoms with E-state index < -0.39 is 6.36 Å². The van der Waals surface area contributed by atoms with Crippen LogP contribution in [0.15, 0.2) is 65.9 Å². The molecule has 0 amide bonds. The molecule has 0 spiro atoms. The first-order chi connectivity index (χ1) is 12.0. The molecule has 1 heterocycles. The lowest BCUT2D eigenvalue weighted by atomic mass is 9.99. The Bertz CT molecular complexity index is 917. The van der Waals surface area contributed by atoms with Crippen LogP contribution in [0.4, 0.5) is 13.2 Å². The third-order valence-corrected chi connectivity index (χ3v) is 3.65. The van der Waals surface area contributed by atoms with E-state index in [9.17, 15) is 13.2 Å². The maximum absolute atomic E-state index is 12.4. The molecule has 0 aliphatic carbocycles.